The highest BCUT2D eigenvalue weighted by molar-refractivity contribution is 7.11. The molecule has 0 aliphatic carbocycles. The molecule has 1 aromatic rings. The van der Waals surface area contributed by atoms with Crippen LogP contribution in [-0.2, 0) is 17.7 Å². The van der Waals surface area contributed by atoms with Gasteiger partial charge in [-0.15, -0.1) is 21.5 Å². The molecular weight excluding hydrogens is 186 g/mol. The number of hydrogen-bond acceptors (Lipinski definition) is 5. The first-order valence-corrected chi connectivity index (χ1v) is 5.22. The average molecular weight is 201 g/mol. The molecule has 0 spiro atoms. The predicted molar refractivity (Wildman–Crippen MR) is 52.9 cm³/mol. The van der Waals surface area contributed by atoms with Gasteiger partial charge in [0.25, 0.3) is 0 Å². The quantitative estimate of drug-likeness (QED) is 0.693. The maximum atomic E-state index is 5.23. The molecule has 0 aliphatic heterocycles. The van der Waals surface area contributed by atoms with Crippen molar-refractivity contribution >= 4 is 11.3 Å². The summed E-state index contributed by atoms with van der Waals surface area (Å²) >= 11 is 1.64. The van der Waals surface area contributed by atoms with Gasteiger partial charge in [-0.05, 0) is 14.0 Å². The number of hydrogen-bond donors (Lipinski definition) is 1. The van der Waals surface area contributed by atoms with Gasteiger partial charge >= 0.3 is 0 Å². The highest BCUT2D eigenvalue weighted by Gasteiger charge is 2.02. The van der Waals surface area contributed by atoms with Crippen LogP contribution in [0.3, 0.4) is 0 Å². The van der Waals surface area contributed by atoms with E-state index in [4.69, 9.17) is 4.74 Å². The van der Waals surface area contributed by atoms with Gasteiger partial charge < -0.3 is 10.1 Å². The summed E-state index contributed by atoms with van der Waals surface area (Å²) in [4.78, 5) is 0. The third kappa shape index (κ3) is 3.80. The Bertz CT molecular complexity index is 239. The SMILES string of the molecule is CCOCCc1nnc(CNC)s1. The first-order valence-electron chi connectivity index (χ1n) is 4.40. The van der Waals surface area contributed by atoms with Crippen LogP contribution in [0.2, 0.25) is 0 Å². The molecule has 0 aliphatic rings. The molecule has 0 saturated carbocycles. The lowest BCUT2D eigenvalue weighted by Crippen LogP contribution is -2.04. The van der Waals surface area contributed by atoms with Crippen molar-refractivity contribution in [1.82, 2.24) is 15.5 Å². The molecule has 1 rings (SSSR count). The maximum absolute atomic E-state index is 5.23. The number of nitrogens with zero attached hydrogens (tertiary/aromatic N) is 2. The second-order valence-electron chi connectivity index (χ2n) is 2.57. The van der Waals surface area contributed by atoms with E-state index < -0.39 is 0 Å². The van der Waals surface area contributed by atoms with Crippen LogP contribution in [0.15, 0.2) is 0 Å². The van der Waals surface area contributed by atoms with Crippen molar-refractivity contribution in [3.8, 4) is 0 Å². The normalized spacial score (nSPS) is 10.6. The summed E-state index contributed by atoms with van der Waals surface area (Å²) in [6, 6.07) is 0. The standard InChI is InChI=1S/C8H15N3OS/c1-3-12-5-4-7-10-11-8(13-7)6-9-2/h9H,3-6H2,1-2H3. The van der Waals surface area contributed by atoms with Crippen LogP contribution < -0.4 is 5.32 Å². The summed E-state index contributed by atoms with van der Waals surface area (Å²) in [5.74, 6) is 0. The van der Waals surface area contributed by atoms with Crippen molar-refractivity contribution in [3.63, 3.8) is 0 Å². The first kappa shape index (κ1) is 10.6. The molecule has 0 bridgehead atoms. The minimum absolute atomic E-state index is 0.741. The van der Waals surface area contributed by atoms with Crippen molar-refractivity contribution in [1.29, 1.82) is 0 Å². The molecule has 0 saturated heterocycles. The Hall–Kier alpha value is -0.520. The van der Waals surface area contributed by atoms with Crippen LogP contribution in [0, 0.1) is 0 Å². The minimum atomic E-state index is 0.741. The summed E-state index contributed by atoms with van der Waals surface area (Å²) < 4.78 is 5.23. The summed E-state index contributed by atoms with van der Waals surface area (Å²) in [5, 5.41) is 13.2. The van der Waals surface area contributed by atoms with Gasteiger partial charge in [-0.2, -0.15) is 0 Å². The molecule has 1 aromatic heterocycles. The summed E-state index contributed by atoms with van der Waals surface area (Å²) in [7, 11) is 1.90. The van der Waals surface area contributed by atoms with Gasteiger partial charge in [0, 0.05) is 19.6 Å². The predicted octanol–water partition coefficient (Wildman–Crippen LogP) is 0.837. The zero-order valence-electron chi connectivity index (χ0n) is 8.04. The Morgan fingerprint density at radius 1 is 1.38 bits per heavy atom. The topological polar surface area (TPSA) is 47.0 Å². The average Bonchev–Trinajstić information content (AvgIpc) is 2.54. The molecule has 0 amide bonds. The van der Waals surface area contributed by atoms with Crippen molar-refractivity contribution in [2.45, 2.75) is 19.9 Å². The van der Waals surface area contributed by atoms with E-state index in [1.165, 1.54) is 0 Å². The summed E-state index contributed by atoms with van der Waals surface area (Å²) in [6.45, 7) is 4.30. The Morgan fingerprint density at radius 2 is 2.15 bits per heavy atom. The van der Waals surface area contributed by atoms with E-state index in [0.717, 1.165) is 36.2 Å². The molecular formula is C8H15N3OS. The Morgan fingerprint density at radius 3 is 2.85 bits per heavy atom. The summed E-state index contributed by atoms with van der Waals surface area (Å²) in [6.07, 6.45) is 0.870. The molecule has 4 nitrogen and oxygen atoms in total. The number of nitrogens with one attached hydrogen (secondary N) is 1. The molecule has 0 radical (unpaired) electrons. The second kappa shape index (κ2) is 6.01. The van der Waals surface area contributed by atoms with Gasteiger partial charge in [-0.3, -0.25) is 0 Å². The molecule has 5 heteroatoms. The largest absolute Gasteiger partial charge is 0.381 e. The fraction of sp³-hybridized carbons (Fsp3) is 0.750. The lowest BCUT2D eigenvalue weighted by Gasteiger charge is -1.95. The van der Waals surface area contributed by atoms with Crippen LogP contribution in [0.4, 0.5) is 0 Å². The van der Waals surface area contributed by atoms with E-state index in [0.29, 0.717) is 0 Å². The van der Waals surface area contributed by atoms with Crippen LogP contribution in [0.1, 0.15) is 16.9 Å². The highest BCUT2D eigenvalue weighted by Crippen LogP contribution is 2.09. The lowest BCUT2D eigenvalue weighted by atomic mass is 10.5. The Labute approximate surface area is 82.3 Å². The van der Waals surface area contributed by atoms with Crippen molar-refractivity contribution in [2.75, 3.05) is 20.3 Å². The third-order valence-corrected chi connectivity index (χ3v) is 2.48. The fourth-order valence-corrected chi connectivity index (χ4v) is 1.75. The zero-order chi connectivity index (χ0) is 9.52. The number of rotatable bonds is 6. The second-order valence-corrected chi connectivity index (χ2v) is 3.71. The molecule has 1 N–H and O–H groups in total. The molecule has 0 atom stereocenters. The first-order chi connectivity index (χ1) is 6.36. The lowest BCUT2D eigenvalue weighted by molar-refractivity contribution is 0.150. The van der Waals surface area contributed by atoms with Gasteiger partial charge in [0.05, 0.1) is 6.61 Å². The zero-order valence-corrected chi connectivity index (χ0v) is 8.86. The van der Waals surface area contributed by atoms with Gasteiger partial charge in [-0.25, -0.2) is 0 Å². The molecule has 0 unspecified atom stereocenters. The fourth-order valence-electron chi connectivity index (χ4n) is 0.916. The van der Waals surface area contributed by atoms with Crippen LogP contribution in [0.5, 0.6) is 0 Å². The van der Waals surface area contributed by atoms with E-state index in [1.54, 1.807) is 11.3 Å². The van der Waals surface area contributed by atoms with Crippen molar-refractivity contribution in [2.24, 2.45) is 0 Å². The Kier molecular flexibility index (Phi) is 4.88. The molecule has 1 heterocycles. The smallest absolute Gasteiger partial charge is 0.131 e. The highest BCUT2D eigenvalue weighted by atomic mass is 32.1. The summed E-state index contributed by atoms with van der Waals surface area (Å²) in [5.41, 5.74) is 0. The molecule has 74 valence electrons. The van der Waals surface area contributed by atoms with E-state index in [9.17, 15) is 0 Å². The van der Waals surface area contributed by atoms with E-state index in [2.05, 4.69) is 15.5 Å². The van der Waals surface area contributed by atoms with Crippen molar-refractivity contribution in [3.05, 3.63) is 10.0 Å². The van der Waals surface area contributed by atoms with E-state index in [1.807, 2.05) is 14.0 Å². The van der Waals surface area contributed by atoms with Gasteiger partial charge in [0.1, 0.15) is 10.0 Å². The van der Waals surface area contributed by atoms with Crippen LogP contribution >= 0.6 is 11.3 Å². The Balaban J connectivity index is 2.31. The monoisotopic (exact) mass is 201 g/mol. The van der Waals surface area contributed by atoms with Gasteiger partial charge in [0.15, 0.2) is 0 Å². The number of aromatic nitrogens is 2. The van der Waals surface area contributed by atoms with Crippen LogP contribution in [-0.4, -0.2) is 30.5 Å². The third-order valence-electron chi connectivity index (χ3n) is 1.50. The van der Waals surface area contributed by atoms with E-state index >= 15 is 0 Å². The van der Waals surface area contributed by atoms with Gasteiger partial charge in [0.2, 0.25) is 0 Å². The molecule has 0 aromatic carbocycles. The van der Waals surface area contributed by atoms with Gasteiger partial charge in [-0.1, -0.05) is 0 Å². The molecule has 13 heavy (non-hydrogen) atoms. The maximum Gasteiger partial charge on any atom is 0.131 e. The van der Waals surface area contributed by atoms with Crippen LogP contribution in [0.25, 0.3) is 0 Å². The van der Waals surface area contributed by atoms with Crippen molar-refractivity contribution < 1.29 is 4.74 Å². The van der Waals surface area contributed by atoms with E-state index in [-0.39, 0.29) is 0 Å². The molecule has 0 fully saturated rings. The number of ether oxygens (including phenoxy) is 1. The minimum Gasteiger partial charge on any atom is -0.381 e.